The molecule has 3 rings (SSSR count). The maximum atomic E-state index is 12.3. The summed E-state index contributed by atoms with van der Waals surface area (Å²) in [4.78, 5) is 36.6. The number of nitro groups is 2. The van der Waals surface area contributed by atoms with Crippen LogP contribution in [0.5, 0.6) is 0 Å². The SMILES string of the molecule is O=C(Nc1ccc2scnc2c1)c1cc([N+](=O)[O-])cc([N+](=O)[O-])c1. The fourth-order valence-electron chi connectivity index (χ4n) is 2.08. The van der Waals surface area contributed by atoms with Gasteiger partial charge in [-0.3, -0.25) is 25.0 Å². The van der Waals surface area contributed by atoms with E-state index in [1.165, 1.54) is 11.3 Å². The highest BCUT2D eigenvalue weighted by molar-refractivity contribution is 7.16. The third-order valence-electron chi connectivity index (χ3n) is 3.17. The summed E-state index contributed by atoms with van der Waals surface area (Å²) in [6.07, 6.45) is 0. The van der Waals surface area contributed by atoms with Crippen molar-refractivity contribution < 1.29 is 14.6 Å². The lowest BCUT2D eigenvalue weighted by Crippen LogP contribution is -2.12. The van der Waals surface area contributed by atoms with Gasteiger partial charge in [-0.15, -0.1) is 11.3 Å². The first-order chi connectivity index (χ1) is 11.4. The van der Waals surface area contributed by atoms with Crippen LogP contribution in [0.25, 0.3) is 10.2 Å². The second-order valence-electron chi connectivity index (χ2n) is 4.74. The summed E-state index contributed by atoms with van der Waals surface area (Å²) >= 11 is 1.45. The first-order valence-electron chi connectivity index (χ1n) is 6.52. The molecule has 0 fully saturated rings. The van der Waals surface area contributed by atoms with Gasteiger partial charge in [0.05, 0.1) is 37.2 Å². The Labute approximate surface area is 137 Å². The Kier molecular flexibility index (Phi) is 3.88. The molecule has 1 heterocycles. The number of carbonyl (C=O) groups is 1. The van der Waals surface area contributed by atoms with Gasteiger partial charge in [-0.1, -0.05) is 0 Å². The van der Waals surface area contributed by atoms with Crippen molar-refractivity contribution in [2.24, 2.45) is 0 Å². The van der Waals surface area contributed by atoms with Crippen LogP contribution in [0.1, 0.15) is 10.4 Å². The second-order valence-corrected chi connectivity index (χ2v) is 5.63. The van der Waals surface area contributed by atoms with E-state index in [4.69, 9.17) is 0 Å². The van der Waals surface area contributed by atoms with Crippen molar-refractivity contribution >= 4 is 44.5 Å². The Morgan fingerprint density at radius 2 is 1.71 bits per heavy atom. The Bertz CT molecular complexity index is 952. The monoisotopic (exact) mass is 344 g/mol. The molecule has 9 nitrogen and oxygen atoms in total. The van der Waals surface area contributed by atoms with Crippen molar-refractivity contribution in [2.45, 2.75) is 0 Å². The second kappa shape index (κ2) is 6.01. The van der Waals surface area contributed by atoms with Gasteiger partial charge in [-0.05, 0) is 18.2 Å². The number of nitrogens with zero attached hydrogens (tertiary/aromatic N) is 3. The molecule has 0 radical (unpaired) electrons. The molecule has 0 unspecified atom stereocenters. The minimum absolute atomic E-state index is 0.172. The Balaban J connectivity index is 1.93. The molecule has 0 atom stereocenters. The van der Waals surface area contributed by atoms with Crippen molar-refractivity contribution in [3.05, 3.63) is 67.7 Å². The summed E-state index contributed by atoms with van der Waals surface area (Å²) in [6, 6.07) is 7.86. The number of carbonyl (C=O) groups excluding carboxylic acids is 1. The minimum atomic E-state index is -0.787. The van der Waals surface area contributed by atoms with E-state index in [2.05, 4.69) is 10.3 Å². The van der Waals surface area contributed by atoms with E-state index in [9.17, 15) is 25.0 Å². The predicted octanol–water partition coefficient (Wildman–Crippen LogP) is 3.37. The lowest BCUT2D eigenvalue weighted by Gasteiger charge is -2.05. The van der Waals surface area contributed by atoms with Crippen molar-refractivity contribution in [3.63, 3.8) is 0 Å². The molecule has 0 aliphatic heterocycles. The lowest BCUT2D eigenvalue weighted by molar-refractivity contribution is -0.394. The molecule has 2 aromatic carbocycles. The Morgan fingerprint density at radius 3 is 2.33 bits per heavy atom. The number of hydrogen-bond donors (Lipinski definition) is 1. The normalized spacial score (nSPS) is 10.5. The van der Waals surface area contributed by atoms with Crippen LogP contribution in [0.3, 0.4) is 0 Å². The van der Waals surface area contributed by atoms with Gasteiger partial charge in [0.25, 0.3) is 17.3 Å². The van der Waals surface area contributed by atoms with Gasteiger partial charge in [0.2, 0.25) is 0 Å². The number of nitro benzene ring substituents is 2. The zero-order valence-corrected chi connectivity index (χ0v) is 12.6. The fraction of sp³-hybridized carbons (Fsp3) is 0. The van der Waals surface area contributed by atoms with E-state index in [-0.39, 0.29) is 5.56 Å². The highest BCUT2D eigenvalue weighted by atomic mass is 32.1. The molecule has 0 aliphatic rings. The van der Waals surface area contributed by atoms with E-state index in [0.29, 0.717) is 11.2 Å². The van der Waals surface area contributed by atoms with E-state index >= 15 is 0 Å². The topological polar surface area (TPSA) is 128 Å². The van der Waals surface area contributed by atoms with Gasteiger partial charge in [-0.25, -0.2) is 4.98 Å². The molecule has 3 aromatic rings. The van der Waals surface area contributed by atoms with Crippen LogP contribution >= 0.6 is 11.3 Å². The largest absolute Gasteiger partial charge is 0.322 e. The lowest BCUT2D eigenvalue weighted by atomic mass is 10.1. The van der Waals surface area contributed by atoms with E-state index < -0.39 is 27.1 Å². The number of thiazole rings is 1. The third-order valence-corrected chi connectivity index (χ3v) is 3.98. The molecule has 0 saturated carbocycles. The first kappa shape index (κ1) is 15.5. The molecule has 0 aliphatic carbocycles. The quantitative estimate of drug-likeness (QED) is 0.571. The van der Waals surface area contributed by atoms with Crippen LogP contribution < -0.4 is 5.32 Å². The van der Waals surface area contributed by atoms with Gasteiger partial charge in [0, 0.05) is 17.8 Å². The first-order valence-corrected chi connectivity index (χ1v) is 7.40. The summed E-state index contributed by atoms with van der Waals surface area (Å²) in [5.41, 5.74) is 1.58. The zero-order valence-electron chi connectivity index (χ0n) is 11.8. The Morgan fingerprint density at radius 1 is 1.04 bits per heavy atom. The number of non-ortho nitro benzene ring substituents is 2. The summed E-state index contributed by atoms with van der Waals surface area (Å²) in [5, 5.41) is 24.3. The van der Waals surface area contributed by atoms with E-state index in [1.807, 2.05) is 0 Å². The van der Waals surface area contributed by atoms with E-state index in [0.717, 1.165) is 22.9 Å². The van der Waals surface area contributed by atoms with E-state index in [1.54, 1.807) is 23.7 Å². The molecule has 0 bridgehead atoms. The van der Waals surface area contributed by atoms with Crippen LogP contribution in [0.2, 0.25) is 0 Å². The number of benzene rings is 2. The molecule has 120 valence electrons. The van der Waals surface area contributed by atoms with Crippen LogP contribution in [0, 0.1) is 20.2 Å². The van der Waals surface area contributed by atoms with Gasteiger partial charge >= 0.3 is 0 Å². The van der Waals surface area contributed by atoms with Crippen molar-refractivity contribution in [1.29, 1.82) is 0 Å². The van der Waals surface area contributed by atoms with Crippen molar-refractivity contribution in [1.82, 2.24) is 4.98 Å². The van der Waals surface area contributed by atoms with Crippen molar-refractivity contribution in [3.8, 4) is 0 Å². The van der Waals surface area contributed by atoms with Gasteiger partial charge < -0.3 is 5.32 Å². The van der Waals surface area contributed by atoms with Crippen LogP contribution in [0.4, 0.5) is 17.1 Å². The average molecular weight is 344 g/mol. The summed E-state index contributed by atoms with van der Waals surface area (Å²) in [5.74, 6) is -0.684. The van der Waals surface area contributed by atoms with Gasteiger partial charge in [-0.2, -0.15) is 0 Å². The van der Waals surface area contributed by atoms with Crippen LogP contribution in [-0.2, 0) is 0 Å². The number of hydrogen-bond acceptors (Lipinski definition) is 7. The van der Waals surface area contributed by atoms with Crippen molar-refractivity contribution in [2.75, 3.05) is 5.32 Å². The molecular formula is C14H8N4O5S. The zero-order chi connectivity index (χ0) is 17.3. The molecule has 0 saturated heterocycles. The molecule has 1 amide bonds. The highest BCUT2D eigenvalue weighted by Crippen LogP contribution is 2.25. The van der Waals surface area contributed by atoms with Gasteiger partial charge in [0.15, 0.2) is 0 Å². The van der Waals surface area contributed by atoms with Crippen LogP contribution in [-0.4, -0.2) is 20.7 Å². The molecule has 1 aromatic heterocycles. The third kappa shape index (κ3) is 3.03. The summed E-state index contributed by atoms with van der Waals surface area (Å²) < 4.78 is 0.944. The number of fused-ring (bicyclic) bond motifs is 1. The fourth-order valence-corrected chi connectivity index (χ4v) is 2.73. The molecular weight excluding hydrogens is 336 g/mol. The molecule has 0 spiro atoms. The molecule has 10 heteroatoms. The maximum absolute atomic E-state index is 12.3. The molecule has 24 heavy (non-hydrogen) atoms. The van der Waals surface area contributed by atoms with Crippen LogP contribution in [0.15, 0.2) is 41.9 Å². The highest BCUT2D eigenvalue weighted by Gasteiger charge is 2.20. The number of aromatic nitrogens is 1. The Hall–Kier alpha value is -3.40. The minimum Gasteiger partial charge on any atom is -0.322 e. The average Bonchev–Trinajstić information content (AvgIpc) is 3.01. The molecule has 1 N–H and O–H groups in total. The maximum Gasteiger partial charge on any atom is 0.277 e. The standard InChI is InChI=1S/C14H8N4O5S/c19-14(16-9-1-2-13-12(5-9)15-7-24-13)8-3-10(17(20)21)6-11(4-8)18(22)23/h1-7H,(H,16,19). The predicted molar refractivity (Wildman–Crippen MR) is 87.3 cm³/mol. The number of nitrogens with one attached hydrogen (secondary N) is 1. The summed E-state index contributed by atoms with van der Waals surface area (Å²) in [7, 11) is 0. The number of rotatable bonds is 4. The summed E-state index contributed by atoms with van der Waals surface area (Å²) in [6.45, 7) is 0. The smallest absolute Gasteiger partial charge is 0.277 e. The number of anilines is 1. The van der Waals surface area contributed by atoms with Gasteiger partial charge in [0.1, 0.15) is 0 Å². The number of amides is 1.